The molecule has 26 heavy (non-hydrogen) atoms. The van der Waals surface area contributed by atoms with E-state index in [1.54, 1.807) is 0 Å². The predicted molar refractivity (Wildman–Crippen MR) is 118 cm³/mol. The molecule has 1 saturated heterocycles. The Morgan fingerprint density at radius 1 is 1.27 bits per heavy atom. The van der Waals surface area contributed by atoms with Gasteiger partial charge in [-0.2, -0.15) is 0 Å². The van der Waals surface area contributed by atoms with Gasteiger partial charge in [0.2, 0.25) is 0 Å². The quantitative estimate of drug-likeness (QED) is 0.278. The van der Waals surface area contributed by atoms with Gasteiger partial charge in [0.05, 0.1) is 12.6 Å². The highest BCUT2D eigenvalue weighted by atomic mass is 127. The van der Waals surface area contributed by atoms with Crippen LogP contribution in [0.4, 0.5) is 0 Å². The Kier molecular flexibility index (Phi) is 9.71. The Balaban J connectivity index is 0.00000243. The van der Waals surface area contributed by atoms with Crippen molar-refractivity contribution in [1.82, 2.24) is 15.5 Å². The van der Waals surface area contributed by atoms with Gasteiger partial charge in [-0.15, -0.1) is 24.0 Å². The summed E-state index contributed by atoms with van der Waals surface area (Å²) in [5.74, 6) is 0.919. The van der Waals surface area contributed by atoms with Gasteiger partial charge in [-0.1, -0.05) is 24.3 Å². The van der Waals surface area contributed by atoms with Crippen LogP contribution in [0.5, 0.6) is 0 Å². The fourth-order valence-corrected chi connectivity index (χ4v) is 3.58. The minimum absolute atomic E-state index is 0. The number of benzene rings is 1. The minimum Gasteiger partial charge on any atom is -0.376 e. The van der Waals surface area contributed by atoms with Crippen LogP contribution in [0.3, 0.4) is 0 Å². The van der Waals surface area contributed by atoms with E-state index in [0.717, 1.165) is 58.1 Å². The number of rotatable bonds is 7. The summed E-state index contributed by atoms with van der Waals surface area (Å²) in [6.45, 7) is 8.99. The first kappa shape index (κ1) is 21.4. The molecule has 1 fully saturated rings. The van der Waals surface area contributed by atoms with Crippen molar-refractivity contribution in [3.63, 3.8) is 0 Å². The zero-order chi connectivity index (χ0) is 17.3. The third-order valence-electron chi connectivity index (χ3n) is 4.97. The first-order chi connectivity index (χ1) is 12.3. The summed E-state index contributed by atoms with van der Waals surface area (Å²) in [5.41, 5.74) is 3.01. The van der Waals surface area contributed by atoms with Gasteiger partial charge in [0, 0.05) is 39.3 Å². The van der Waals surface area contributed by atoms with E-state index >= 15 is 0 Å². The summed E-state index contributed by atoms with van der Waals surface area (Å²) in [6.07, 6.45) is 4.92. The molecule has 2 aliphatic heterocycles. The second-order valence-electron chi connectivity index (χ2n) is 6.93. The molecule has 2 aliphatic rings. The van der Waals surface area contributed by atoms with E-state index in [0.29, 0.717) is 6.10 Å². The number of hydrogen-bond donors (Lipinski definition) is 2. The van der Waals surface area contributed by atoms with Crippen LogP contribution in [-0.4, -0.2) is 56.3 Å². The summed E-state index contributed by atoms with van der Waals surface area (Å²) >= 11 is 0. The number of ether oxygens (including phenoxy) is 1. The largest absolute Gasteiger partial charge is 0.376 e. The van der Waals surface area contributed by atoms with Crippen molar-refractivity contribution in [3.05, 3.63) is 35.4 Å². The molecule has 0 aliphatic carbocycles. The number of aliphatic imine (C=N–C) groups is 1. The van der Waals surface area contributed by atoms with Crippen molar-refractivity contribution < 1.29 is 4.74 Å². The predicted octanol–water partition coefficient (Wildman–Crippen LogP) is 2.79. The number of nitrogens with zero attached hydrogens (tertiary/aromatic N) is 2. The lowest BCUT2D eigenvalue weighted by atomic mass is 10.00. The van der Waals surface area contributed by atoms with E-state index in [-0.39, 0.29) is 24.0 Å². The SMILES string of the molecule is CCNC(=NCC1CCCO1)NCCCN1CCc2ccccc2C1.I. The van der Waals surface area contributed by atoms with Gasteiger partial charge in [0.25, 0.3) is 0 Å². The molecule has 0 amide bonds. The fraction of sp³-hybridized carbons (Fsp3) is 0.650. The Hall–Kier alpha value is -0.860. The maximum atomic E-state index is 5.65. The van der Waals surface area contributed by atoms with Crippen molar-refractivity contribution >= 4 is 29.9 Å². The van der Waals surface area contributed by atoms with E-state index in [9.17, 15) is 0 Å². The molecule has 1 aromatic rings. The average molecular weight is 472 g/mol. The molecule has 5 nitrogen and oxygen atoms in total. The minimum atomic E-state index is 0. The molecule has 0 spiro atoms. The van der Waals surface area contributed by atoms with Crippen molar-refractivity contribution in [3.8, 4) is 0 Å². The number of halogens is 1. The Bertz CT molecular complexity index is 560. The van der Waals surface area contributed by atoms with Gasteiger partial charge in [-0.05, 0) is 43.7 Å². The molecular formula is C20H33IN4O. The lowest BCUT2D eigenvalue weighted by Gasteiger charge is -2.28. The highest BCUT2D eigenvalue weighted by molar-refractivity contribution is 14.0. The molecule has 6 heteroatoms. The van der Waals surface area contributed by atoms with E-state index in [4.69, 9.17) is 4.74 Å². The summed E-state index contributed by atoms with van der Waals surface area (Å²) in [6, 6.07) is 8.83. The van der Waals surface area contributed by atoms with Crippen LogP contribution in [0.1, 0.15) is 37.3 Å². The lowest BCUT2D eigenvalue weighted by molar-refractivity contribution is 0.117. The average Bonchev–Trinajstić information content (AvgIpc) is 3.16. The van der Waals surface area contributed by atoms with Gasteiger partial charge in [0.15, 0.2) is 5.96 Å². The fourth-order valence-electron chi connectivity index (χ4n) is 3.58. The Labute approximate surface area is 175 Å². The zero-order valence-electron chi connectivity index (χ0n) is 15.9. The first-order valence-corrected chi connectivity index (χ1v) is 9.78. The molecule has 146 valence electrons. The van der Waals surface area contributed by atoms with Crippen LogP contribution < -0.4 is 10.6 Å². The molecule has 2 heterocycles. The van der Waals surface area contributed by atoms with Crippen molar-refractivity contribution in [1.29, 1.82) is 0 Å². The van der Waals surface area contributed by atoms with E-state index < -0.39 is 0 Å². The Morgan fingerprint density at radius 3 is 2.88 bits per heavy atom. The van der Waals surface area contributed by atoms with Crippen molar-refractivity contribution in [2.24, 2.45) is 4.99 Å². The van der Waals surface area contributed by atoms with Crippen LogP contribution >= 0.6 is 24.0 Å². The third kappa shape index (κ3) is 6.70. The monoisotopic (exact) mass is 472 g/mol. The van der Waals surface area contributed by atoms with Gasteiger partial charge in [-0.3, -0.25) is 9.89 Å². The van der Waals surface area contributed by atoms with Gasteiger partial charge < -0.3 is 15.4 Å². The molecule has 0 saturated carbocycles. The highest BCUT2D eigenvalue weighted by Crippen LogP contribution is 2.18. The Morgan fingerprint density at radius 2 is 2.12 bits per heavy atom. The molecule has 2 N–H and O–H groups in total. The van der Waals surface area contributed by atoms with Crippen LogP contribution in [0.15, 0.2) is 29.3 Å². The number of fused-ring (bicyclic) bond motifs is 1. The molecule has 3 rings (SSSR count). The molecular weight excluding hydrogens is 439 g/mol. The van der Waals surface area contributed by atoms with Gasteiger partial charge in [0.1, 0.15) is 0 Å². The van der Waals surface area contributed by atoms with Crippen LogP contribution in [0, 0.1) is 0 Å². The normalized spacial score (nSPS) is 20.3. The molecule has 1 aromatic carbocycles. The second kappa shape index (κ2) is 11.8. The third-order valence-corrected chi connectivity index (χ3v) is 4.97. The number of hydrogen-bond acceptors (Lipinski definition) is 3. The topological polar surface area (TPSA) is 48.9 Å². The van der Waals surface area contributed by atoms with Crippen molar-refractivity contribution in [2.45, 2.75) is 45.3 Å². The first-order valence-electron chi connectivity index (χ1n) is 9.78. The maximum Gasteiger partial charge on any atom is 0.191 e. The maximum absolute atomic E-state index is 5.65. The van der Waals surface area contributed by atoms with Crippen molar-refractivity contribution in [2.75, 3.05) is 39.3 Å². The summed E-state index contributed by atoms with van der Waals surface area (Å²) in [4.78, 5) is 7.22. The standard InChI is InChI=1S/C20H32N4O.HI/c1-2-21-20(23-15-19-9-5-14-25-19)22-11-6-12-24-13-10-17-7-3-4-8-18(17)16-24;/h3-4,7-8,19H,2,5-6,9-16H2,1H3,(H2,21,22,23);1H. The summed E-state index contributed by atoms with van der Waals surface area (Å²) in [5, 5.41) is 6.79. The van der Waals surface area contributed by atoms with E-state index in [1.165, 1.54) is 30.5 Å². The van der Waals surface area contributed by atoms with Crippen LogP contribution in [-0.2, 0) is 17.7 Å². The van der Waals surface area contributed by atoms with Crippen LogP contribution in [0.25, 0.3) is 0 Å². The van der Waals surface area contributed by atoms with Crippen LogP contribution in [0.2, 0.25) is 0 Å². The molecule has 1 atom stereocenters. The summed E-state index contributed by atoms with van der Waals surface area (Å²) in [7, 11) is 0. The number of nitrogens with one attached hydrogen (secondary N) is 2. The molecule has 0 radical (unpaired) electrons. The number of guanidine groups is 1. The summed E-state index contributed by atoms with van der Waals surface area (Å²) < 4.78 is 5.65. The zero-order valence-corrected chi connectivity index (χ0v) is 18.2. The molecule has 1 unspecified atom stereocenters. The highest BCUT2D eigenvalue weighted by Gasteiger charge is 2.16. The molecule has 0 bridgehead atoms. The lowest BCUT2D eigenvalue weighted by Crippen LogP contribution is -2.39. The van der Waals surface area contributed by atoms with E-state index in [1.807, 2.05) is 0 Å². The molecule has 0 aromatic heterocycles. The van der Waals surface area contributed by atoms with Gasteiger partial charge in [-0.25, -0.2) is 0 Å². The van der Waals surface area contributed by atoms with E-state index in [2.05, 4.69) is 51.7 Å². The second-order valence-corrected chi connectivity index (χ2v) is 6.93. The van der Waals surface area contributed by atoms with Gasteiger partial charge >= 0.3 is 0 Å². The smallest absolute Gasteiger partial charge is 0.191 e.